The zero-order chi connectivity index (χ0) is 20.6. The summed E-state index contributed by atoms with van der Waals surface area (Å²) in [6, 6.07) is 11.1. The number of ether oxygens (including phenoxy) is 2. The molecule has 0 aliphatic rings. The minimum absolute atomic E-state index is 0.125. The average Bonchev–Trinajstić information content (AvgIpc) is 2.74. The van der Waals surface area contributed by atoms with Gasteiger partial charge in [0.2, 0.25) is 0 Å². The van der Waals surface area contributed by atoms with E-state index in [1.165, 1.54) is 24.5 Å². The highest BCUT2D eigenvalue weighted by Gasteiger charge is 2.12. The smallest absolute Gasteiger partial charge is 0.346 e. The lowest BCUT2D eigenvalue weighted by Crippen LogP contribution is -2.09. The first-order chi connectivity index (χ1) is 14.1. The molecule has 29 heavy (non-hydrogen) atoms. The zero-order valence-corrected chi connectivity index (χ0v) is 16.7. The molecule has 0 saturated carbocycles. The Morgan fingerprint density at radius 1 is 1.03 bits per heavy atom. The summed E-state index contributed by atoms with van der Waals surface area (Å²) in [4.78, 5) is 20.6. The van der Waals surface area contributed by atoms with Crippen LogP contribution in [-0.2, 0) is 0 Å². The Balaban J connectivity index is 1.61. The van der Waals surface area contributed by atoms with E-state index in [0.717, 1.165) is 36.6 Å². The van der Waals surface area contributed by atoms with Crippen LogP contribution in [0.15, 0.2) is 54.9 Å². The highest BCUT2D eigenvalue weighted by atomic mass is 35.5. The third kappa shape index (κ3) is 5.74. The van der Waals surface area contributed by atoms with E-state index in [1.54, 1.807) is 0 Å². The lowest BCUT2D eigenvalue weighted by atomic mass is 10.2. The predicted octanol–water partition coefficient (Wildman–Crippen LogP) is 5.72. The van der Waals surface area contributed by atoms with Crippen LogP contribution < -0.4 is 9.47 Å². The van der Waals surface area contributed by atoms with Crippen LogP contribution in [0.3, 0.4) is 0 Å². The maximum absolute atomic E-state index is 13.2. The summed E-state index contributed by atoms with van der Waals surface area (Å²) in [5.41, 5.74) is 0.973. The first-order valence-corrected chi connectivity index (χ1v) is 9.67. The van der Waals surface area contributed by atoms with E-state index in [0.29, 0.717) is 12.4 Å². The molecule has 0 unspecified atom stereocenters. The van der Waals surface area contributed by atoms with Gasteiger partial charge in [0.1, 0.15) is 17.3 Å². The molecule has 150 valence electrons. The molecule has 3 rings (SSSR count). The molecular formula is C22H20ClFN2O3. The summed E-state index contributed by atoms with van der Waals surface area (Å²) in [7, 11) is 0. The van der Waals surface area contributed by atoms with Gasteiger partial charge in [-0.3, -0.25) is 0 Å². The van der Waals surface area contributed by atoms with Gasteiger partial charge in [-0.2, -0.15) is 0 Å². The van der Waals surface area contributed by atoms with Crippen LogP contribution >= 0.6 is 11.6 Å². The lowest BCUT2D eigenvalue weighted by Gasteiger charge is -2.07. The maximum Gasteiger partial charge on any atom is 0.346 e. The van der Waals surface area contributed by atoms with Crippen molar-refractivity contribution < 1.29 is 18.7 Å². The summed E-state index contributed by atoms with van der Waals surface area (Å²) < 4.78 is 24.0. The van der Waals surface area contributed by atoms with Gasteiger partial charge in [-0.05, 0) is 42.8 Å². The largest absolute Gasteiger partial charge is 0.494 e. The standard InChI is InChI=1S/C22H20ClFN2O3/c1-2-3-4-11-28-17-7-5-15(6-8-17)21-25-13-16(14-26-21)22(27)29-18-9-10-20(24)19(23)12-18/h5-10,12-14H,2-4,11H2,1H3. The van der Waals surface area contributed by atoms with E-state index >= 15 is 0 Å². The molecule has 3 aromatic rings. The van der Waals surface area contributed by atoms with Gasteiger partial charge in [-0.1, -0.05) is 31.4 Å². The number of carbonyl (C=O) groups is 1. The number of esters is 1. The minimum atomic E-state index is -0.657. The fourth-order valence-corrected chi connectivity index (χ4v) is 2.70. The Morgan fingerprint density at radius 2 is 1.72 bits per heavy atom. The Bertz CT molecular complexity index is 963. The van der Waals surface area contributed by atoms with Gasteiger partial charge in [0.15, 0.2) is 5.82 Å². The fourth-order valence-electron chi connectivity index (χ4n) is 2.53. The third-order valence-corrected chi connectivity index (χ3v) is 4.41. The van der Waals surface area contributed by atoms with Crippen LogP contribution in [0.25, 0.3) is 11.4 Å². The number of carbonyl (C=O) groups excluding carboxylic acids is 1. The van der Waals surface area contributed by atoms with Crippen LogP contribution in [0, 0.1) is 5.82 Å². The van der Waals surface area contributed by atoms with Crippen molar-refractivity contribution in [3.05, 3.63) is 71.3 Å². The molecular weight excluding hydrogens is 395 g/mol. The summed E-state index contributed by atoms with van der Waals surface area (Å²) in [6.07, 6.45) is 6.09. The van der Waals surface area contributed by atoms with Crippen molar-refractivity contribution in [3.63, 3.8) is 0 Å². The Kier molecular flexibility index (Phi) is 7.14. The van der Waals surface area contributed by atoms with Crippen molar-refractivity contribution in [1.29, 1.82) is 0 Å². The quantitative estimate of drug-likeness (QED) is 0.268. The second kappa shape index (κ2) is 9.98. The molecule has 0 atom stereocenters. The van der Waals surface area contributed by atoms with Gasteiger partial charge in [-0.15, -0.1) is 0 Å². The molecule has 5 nitrogen and oxygen atoms in total. The van der Waals surface area contributed by atoms with Crippen molar-refractivity contribution in [2.45, 2.75) is 26.2 Å². The summed E-state index contributed by atoms with van der Waals surface area (Å²) in [6.45, 7) is 2.85. The minimum Gasteiger partial charge on any atom is -0.494 e. The highest BCUT2D eigenvalue weighted by molar-refractivity contribution is 6.30. The van der Waals surface area contributed by atoms with Crippen molar-refractivity contribution in [3.8, 4) is 22.9 Å². The summed E-state index contributed by atoms with van der Waals surface area (Å²) in [5.74, 6) is 0.165. The van der Waals surface area contributed by atoms with Crippen LogP contribution in [0.2, 0.25) is 5.02 Å². The summed E-state index contributed by atoms with van der Waals surface area (Å²) in [5, 5.41) is -0.125. The molecule has 0 saturated heterocycles. The van der Waals surface area contributed by atoms with Crippen LogP contribution in [0.1, 0.15) is 36.5 Å². The van der Waals surface area contributed by atoms with E-state index in [2.05, 4.69) is 16.9 Å². The van der Waals surface area contributed by atoms with Gasteiger partial charge in [0.25, 0.3) is 0 Å². The average molecular weight is 415 g/mol. The van der Waals surface area contributed by atoms with Crippen LogP contribution in [-0.4, -0.2) is 22.5 Å². The van der Waals surface area contributed by atoms with E-state index in [1.807, 2.05) is 24.3 Å². The third-order valence-electron chi connectivity index (χ3n) is 4.12. The molecule has 0 amide bonds. The molecule has 2 aromatic carbocycles. The van der Waals surface area contributed by atoms with Crippen molar-refractivity contribution >= 4 is 17.6 Å². The number of hydrogen-bond acceptors (Lipinski definition) is 5. The van der Waals surface area contributed by atoms with Crippen molar-refractivity contribution in [2.24, 2.45) is 0 Å². The van der Waals surface area contributed by atoms with E-state index in [4.69, 9.17) is 21.1 Å². The predicted molar refractivity (Wildman–Crippen MR) is 109 cm³/mol. The molecule has 1 aromatic heterocycles. The number of benzene rings is 2. The van der Waals surface area contributed by atoms with Gasteiger partial charge >= 0.3 is 5.97 Å². The van der Waals surface area contributed by atoms with Crippen LogP contribution in [0.4, 0.5) is 4.39 Å². The molecule has 0 spiro atoms. The molecule has 0 bridgehead atoms. The molecule has 7 heteroatoms. The number of nitrogens with zero attached hydrogens (tertiary/aromatic N) is 2. The van der Waals surface area contributed by atoms with Gasteiger partial charge in [0, 0.05) is 24.0 Å². The van der Waals surface area contributed by atoms with Gasteiger partial charge < -0.3 is 9.47 Å². The second-order valence-electron chi connectivity index (χ2n) is 6.34. The topological polar surface area (TPSA) is 61.3 Å². The SMILES string of the molecule is CCCCCOc1ccc(-c2ncc(C(=O)Oc3ccc(F)c(Cl)c3)cn2)cc1. The summed E-state index contributed by atoms with van der Waals surface area (Å²) >= 11 is 5.69. The number of unbranched alkanes of at least 4 members (excludes halogenated alkanes) is 2. The molecule has 0 N–H and O–H groups in total. The van der Waals surface area contributed by atoms with E-state index < -0.39 is 11.8 Å². The fraction of sp³-hybridized carbons (Fsp3) is 0.227. The number of hydrogen-bond donors (Lipinski definition) is 0. The van der Waals surface area contributed by atoms with Crippen molar-refractivity contribution in [1.82, 2.24) is 9.97 Å². The first kappa shape index (κ1) is 20.7. The molecule has 0 aliphatic heterocycles. The second-order valence-corrected chi connectivity index (χ2v) is 6.75. The Hall–Kier alpha value is -2.99. The Morgan fingerprint density at radius 3 is 2.38 bits per heavy atom. The zero-order valence-electron chi connectivity index (χ0n) is 15.9. The molecule has 1 heterocycles. The number of rotatable bonds is 8. The molecule has 0 aliphatic carbocycles. The van der Waals surface area contributed by atoms with E-state index in [9.17, 15) is 9.18 Å². The number of aromatic nitrogens is 2. The normalized spacial score (nSPS) is 10.6. The molecule has 0 radical (unpaired) electrons. The van der Waals surface area contributed by atoms with Crippen LogP contribution in [0.5, 0.6) is 11.5 Å². The highest BCUT2D eigenvalue weighted by Crippen LogP contribution is 2.23. The number of halogens is 2. The van der Waals surface area contributed by atoms with Gasteiger partial charge in [0.05, 0.1) is 17.2 Å². The Labute approximate surface area is 173 Å². The van der Waals surface area contributed by atoms with Gasteiger partial charge in [-0.25, -0.2) is 19.2 Å². The van der Waals surface area contributed by atoms with E-state index in [-0.39, 0.29) is 16.3 Å². The maximum atomic E-state index is 13.2. The van der Waals surface area contributed by atoms with Crippen molar-refractivity contribution in [2.75, 3.05) is 6.61 Å². The first-order valence-electron chi connectivity index (χ1n) is 9.29. The lowest BCUT2D eigenvalue weighted by molar-refractivity contribution is 0.0733. The molecule has 0 fully saturated rings. The monoisotopic (exact) mass is 414 g/mol.